The van der Waals surface area contributed by atoms with Gasteiger partial charge >= 0.3 is 5.69 Å². The van der Waals surface area contributed by atoms with Gasteiger partial charge in [0, 0.05) is 23.5 Å². The normalized spacial score (nSPS) is 11.2. The molecule has 0 aliphatic rings. The van der Waals surface area contributed by atoms with Crippen molar-refractivity contribution < 1.29 is 4.79 Å². The van der Waals surface area contributed by atoms with E-state index in [2.05, 4.69) is 15.3 Å². The lowest BCUT2D eigenvalue weighted by molar-refractivity contribution is 0.102. The Morgan fingerprint density at radius 2 is 1.81 bits per heavy atom. The summed E-state index contributed by atoms with van der Waals surface area (Å²) in [5.41, 5.74) is 3.25. The molecule has 3 aromatic carbocycles. The van der Waals surface area contributed by atoms with Crippen molar-refractivity contribution in [3.63, 3.8) is 0 Å². The fourth-order valence-electron chi connectivity index (χ4n) is 3.76. The predicted molar refractivity (Wildman–Crippen MR) is 124 cm³/mol. The first kappa shape index (κ1) is 19.5. The zero-order valence-electron chi connectivity index (χ0n) is 17.2. The number of carbonyl (C=O) groups excluding carboxylic acids is 1. The Labute approximate surface area is 181 Å². The van der Waals surface area contributed by atoms with Gasteiger partial charge in [-0.1, -0.05) is 12.1 Å². The third-order valence-electron chi connectivity index (χ3n) is 5.42. The Kier molecular flexibility index (Phi) is 4.67. The number of amides is 1. The Bertz CT molecular complexity index is 1590. The first-order chi connectivity index (χ1) is 15.5. The standard InChI is InChI=1S/C24H19N5O3/c1-2-28-23(31)18-12-7-15(13-20(18)27-24(28)32)22(30)26-16-8-10-17(11-9-16)29-14-25-19-5-3-4-6-21(19)29/h3-14H,2H2,1H3,(H,26,30)(H,27,32). The Morgan fingerprint density at radius 1 is 1.03 bits per heavy atom. The summed E-state index contributed by atoms with van der Waals surface area (Å²) in [7, 11) is 0. The monoisotopic (exact) mass is 425 g/mol. The highest BCUT2D eigenvalue weighted by atomic mass is 16.2. The van der Waals surface area contributed by atoms with Crippen LogP contribution in [0.3, 0.4) is 0 Å². The van der Waals surface area contributed by atoms with E-state index in [0.29, 0.717) is 22.2 Å². The molecule has 0 atom stereocenters. The van der Waals surface area contributed by atoms with E-state index in [4.69, 9.17) is 0 Å². The Morgan fingerprint density at radius 3 is 2.59 bits per heavy atom. The molecule has 0 radical (unpaired) electrons. The van der Waals surface area contributed by atoms with Gasteiger partial charge in [-0.25, -0.2) is 9.78 Å². The molecule has 1 amide bonds. The van der Waals surface area contributed by atoms with Crippen LogP contribution in [-0.2, 0) is 6.54 Å². The molecule has 0 aliphatic heterocycles. The molecular formula is C24H19N5O3. The van der Waals surface area contributed by atoms with Crippen LogP contribution in [0.2, 0.25) is 0 Å². The lowest BCUT2D eigenvalue weighted by Crippen LogP contribution is -2.34. The fourth-order valence-corrected chi connectivity index (χ4v) is 3.76. The number of nitrogens with zero attached hydrogens (tertiary/aromatic N) is 3. The number of hydrogen-bond acceptors (Lipinski definition) is 4. The molecule has 0 saturated carbocycles. The third-order valence-corrected chi connectivity index (χ3v) is 5.42. The van der Waals surface area contributed by atoms with Crippen molar-refractivity contribution in [2.75, 3.05) is 5.32 Å². The number of imidazole rings is 1. The number of H-pyrrole nitrogens is 1. The number of aromatic amines is 1. The van der Waals surface area contributed by atoms with Gasteiger partial charge in [0.25, 0.3) is 11.5 Å². The van der Waals surface area contributed by atoms with E-state index in [-0.39, 0.29) is 18.0 Å². The van der Waals surface area contributed by atoms with Gasteiger partial charge in [0.15, 0.2) is 0 Å². The van der Waals surface area contributed by atoms with Gasteiger partial charge in [0.2, 0.25) is 0 Å². The van der Waals surface area contributed by atoms with Crippen LogP contribution in [-0.4, -0.2) is 25.0 Å². The zero-order chi connectivity index (χ0) is 22.2. The third kappa shape index (κ3) is 3.27. The summed E-state index contributed by atoms with van der Waals surface area (Å²) in [5.74, 6) is -0.340. The second-order valence-corrected chi connectivity index (χ2v) is 7.34. The molecule has 5 aromatic rings. The summed E-state index contributed by atoms with van der Waals surface area (Å²) in [6.45, 7) is 2.00. The average molecular weight is 425 g/mol. The van der Waals surface area contributed by atoms with Gasteiger partial charge in [-0.3, -0.25) is 18.7 Å². The molecule has 0 unspecified atom stereocenters. The van der Waals surface area contributed by atoms with Crippen molar-refractivity contribution in [3.05, 3.63) is 99.5 Å². The van der Waals surface area contributed by atoms with Gasteiger partial charge in [-0.2, -0.15) is 0 Å². The van der Waals surface area contributed by atoms with Crippen LogP contribution < -0.4 is 16.6 Å². The highest BCUT2D eigenvalue weighted by molar-refractivity contribution is 6.06. The SMILES string of the molecule is CCn1c(=O)[nH]c2cc(C(=O)Nc3ccc(-n4cnc5ccccc54)cc3)ccc2c1=O. The summed E-state index contributed by atoms with van der Waals surface area (Å²) in [6, 6.07) is 19.9. The predicted octanol–water partition coefficient (Wildman–Crippen LogP) is 3.30. The van der Waals surface area contributed by atoms with Gasteiger partial charge in [0.1, 0.15) is 6.33 Å². The molecular weight excluding hydrogens is 406 g/mol. The first-order valence-corrected chi connectivity index (χ1v) is 10.2. The number of rotatable bonds is 4. The van der Waals surface area contributed by atoms with Crippen molar-refractivity contribution >= 4 is 33.5 Å². The molecule has 8 nitrogen and oxygen atoms in total. The Hall–Kier alpha value is -4.46. The second kappa shape index (κ2) is 7.66. The van der Waals surface area contributed by atoms with E-state index in [9.17, 15) is 14.4 Å². The summed E-state index contributed by atoms with van der Waals surface area (Å²) >= 11 is 0. The van der Waals surface area contributed by atoms with E-state index >= 15 is 0 Å². The second-order valence-electron chi connectivity index (χ2n) is 7.34. The number of benzene rings is 3. The number of carbonyl (C=O) groups is 1. The summed E-state index contributed by atoms with van der Waals surface area (Å²) in [6.07, 6.45) is 1.76. The number of aromatic nitrogens is 4. The van der Waals surface area contributed by atoms with Gasteiger partial charge in [-0.05, 0) is 61.5 Å². The lowest BCUT2D eigenvalue weighted by Gasteiger charge is -2.09. The van der Waals surface area contributed by atoms with Gasteiger partial charge in [0.05, 0.1) is 21.9 Å². The number of fused-ring (bicyclic) bond motifs is 2. The molecule has 8 heteroatoms. The zero-order valence-corrected chi connectivity index (χ0v) is 17.2. The van der Waals surface area contributed by atoms with Crippen molar-refractivity contribution in [2.24, 2.45) is 0 Å². The Balaban J connectivity index is 1.41. The molecule has 5 rings (SSSR count). The van der Waals surface area contributed by atoms with Crippen LogP contribution in [0.1, 0.15) is 17.3 Å². The average Bonchev–Trinajstić information content (AvgIpc) is 3.24. The molecule has 0 fully saturated rings. The molecule has 0 aliphatic carbocycles. The maximum absolute atomic E-state index is 12.7. The molecule has 158 valence electrons. The molecule has 0 bridgehead atoms. The van der Waals surface area contributed by atoms with Crippen LogP contribution in [0.5, 0.6) is 0 Å². The minimum atomic E-state index is -0.495. The van der Waals surface area contributed by atoms with Crippen molar-refractivity contribution in [3.8, 4) is 5.69 Å². The van der Waals surface area contributed by atoms with Gasteiger partial charge in [-0.15, -0.1) is 0 Å². The van der Waals surface area contributed by atoms with Gasteiger partial charge < -0.3 is 10.3 Å². The lowest BCUT2D eigenvalue weighted by atomic mass is 10.1. The quantitative estimate of drug-likeness (QED) is 0.461. The van der Waals surface area contributed by atoms with Crippen molar-refractivity contribution in [1.29, 1.82) is 0 Å². The highest BCUT2D eigenvalue weighted by Gasteiger charge is 2.11. The number of para-hydroxylation sites is 2. The smallest absolute Gasteiger partial charge is 0.322 e. The minimum Gasteiger partial charge on any atom is -0.322 e. The van der Waals surface area contributed by atoms with E-state index < -0.39 is 5.69 Å². The van der Waals surface area contributed by atoms with Crippen LogP contribution in [0, 0.1) is 0 Å². The van der Waals surface area contributed by atoms with E-state index in [0.717, 1.165) is 21.3 Å². The highest BCUT2D eigenvalue weighted by Crippen LogP contribution is 2.20. The molecule has 2 heterocycles. The van der Waals surface area contributed by atoms with Crippen LogP contribution in [0.15, 0.2) is 82.6 Å². The minimum absolute atomic E-state index is 0.275. The first-order valence-electron chi connectivity index (χ1n) is 10.2. The number of hydrogen-bond donors (Lipinski definition) is 2. The van der Waals surface area contributed by atoms with Crippen molar-refractivity contribution in [2.45, 2.75) is 13.5 Å². The number of nitrogens with one attached hydrogen (secondary N) is 2. The largest absolute Gasteiger partial charge is 0.328 e. The van der Waals surface area contributed by atoms with E-state index in [1.165, 1.54) is 6.07 Å². The fraction of sp³-hybridized carbons (Fsp3) is 0.0833. The number of anilines is 1. The maximum Gasteiger partial charge on any atom is 0.328 e. The maximum atomic E-state index is 12.7. The molecule has 0 spiro atoms. The topological polar surface area (TPSA) is 102 Å². The summed E-state index contributed by atoms with van der Waals surface area (Å²) < 4.78 is 3.09. The van der Waals surface area contributed by atoms with E-state index in [1.54, 1.807) is 25.4 Å². The molecule has 0 saturated heterocycles. The molecule has 2 aromatic heterocycles. The van der Waals surface area contributed by atoms with Crippen LogP contribution in [0.4, 0.5) is 5.69 Å². The summed E-state index contributed by atoms with van der Waals surface area (Å²) in [4.78, 5) is 44.3. The molecule has 2 N–H and O–H groups in total. The van der Waals surface area contributed by atoms with E-state index in [1.807, 2.05) is 53.1 Å². The summed E-state index contributed by atoms with van der Waals surface area (Å²) in [5, 5.41) is 3.21. The van der Waals surface area contributed by atoms with Crippen LogP contribution in [0.25, 0.3) is 27.6 Å². The molecule has 32 heavy (non-hydrogen) atoms. The van der Waals surface area contributed by atoms with Crippen LogP contribution >= 0.6 is 0 Å². The van der Waals surface area contributed by atoms with Crippen molar-refractivity contribution in [1.82, 2.24) is 19.1 Å².